The number of imidazole rings is 2. The summed E-state index contributed by atoms with van der Waals surface area (Å²) in [6.45, 7) is 0. The van der Waals surface area contributed by atoms with E-state index in [0.29, 0.717) is 17.5 Å². The lowest BCUT2D eigenvalue weighted by Gasteiger charge is -2.11. The first-order chi connectivity index (χ1) is 26.3. The molecule has 7 heteroatoms. The number of para-hydroxylation sites is 4. The molecule has 0 unspecified atom stereocenters. The molecule has 4 heterocycles. The average Bonchev–Trinajstić information content (AvgIpc) is 3.87. The standard InChI is InChI=1S/C46H29N7.CH4/c1-4-15-30(16-5-1)43-48-44(31-17-6-2-7-18-31)50-45(49-43)32-19-14-22-34(27-32)51-38-24-11-10-23-35(38)36-28-42-37(29-41(36)51)47-46-52(33-20-8-3-9-21-33)39-25-12-13-26-40(39)53(42)46;/h1-29H;1H4. The summed E-state index contributed by atoms with van der Waals surface area (Å²) in [5, 5.41) is 2.34. The molecule has 256 valence electrons. The fraction of sp³-hybridized carbons (Fsp3) is 0.0213. The second kappa shape index (κ2) is 12.4. The van der Waals surface area contributed by atoms with Crippen LogP contribution < -0.4 is 0 Å². The minimum Gasteiger partial charge on any atom is -0.309 e. The van der Waals surface area contributed by atoms with Crippen molar-refractivity contribution in [1.82, 2.24) is 33.5 Å². The number of hydrogen-bond donors (Lipinski definition) is 0. The van der Waals surface area contributed by atoms with E-state index in [1.807, 2.05) is 66.7 Å². The van der Waals surface area contributed by atoms with Crippen molar-refractivity contribution in [1.29, 1.82) is 0 Å². The molecule has 54 heavy (non-hydrogen) atoms. The van der Waals surface area contributed by atoms with Gasteiger partial charge in [0.2, 0.25) is 5.78 Å². The third kappa shape index (κ3) is 4.83. The van der Waals surface area contributed by atoms with Crippen molar-refractivity contribution in [2.75, 3.05) is 0 Å². The van der Waals surface area contributed by atoms with Crippen LogP contribution in [0.1, 0.15) is 7.43 Å². The van der Waals surface area contributed by atoms with Crippen LogP contribution in [0.4, 0.5) is 0 Å². The maximum atomic E-state index is 5.31. The van der Waals surface area contributed by atoms with Crippen molar-refractivity contribution < 1.29 is 0 Å². The second-order valence-corrected chi connectivity index (χ2v) is 13.2. The Morgan fingerprint density at radius 1 is 0.333 bits per heavy atom. The largest absolute Gasteiger partial charge is 0.309 e. The van der Waals surface area contributed by atoms with Crippen LogP contribution >= 0.6 is 0 Å². The van der Waals surface area contributed by atoms with E-state index in [0.717, 1.165) is 72.3 Å². The lowest BCUT2D eigenvalue weighted by molar-refractivity contribution is 1.07. The highest BCUT2D eigenvalue weighted by Gasteiger charge is 2.21. The van der Waals surface area contributed by atoms with Gasteiger partial charge in [-0.05, 0) is 54.6 Å². The molecule has 7 nitrogen and oxygen atoms in total. The normalized spacial score (nSPS) is 11.6. The monoisotopic (exact) mass is 695 g/mol. The molecule has 0 atom stereocenters. The van der Waals surface area contributed by atoms with Crippen molar-refractivity contribution in [3.05, 3.63) is 176 Å². The second-order valence-electron chi connectivity index (χ2n) is 13.2. The summed E-state index contributed by atoms with van der Waals surface area (Å²) in [6, 6.07) is 60.8. The Morgan fingerprint density at radius 2 is 0.870 bits per heavy atom. The summed E-state index contributed by atoms with van der Waals surface area (Å²) >= 11 is 0. The van der Waals surface area contributed by atoms with Crippen molar-refractivity contribution in [3.8, 4) is 45.5 Å². The van der Waals surface area contributed by atoms with E-state index in [2.05, 4.69) is 123 Å². The summed E-state index contributed by atoms with van der Waals surface area (Å²) in [5.74, 6) is 2.78. The molecule has 0 aliphatic carbocycles. The molecule has 0 fully saturated rings. The van der Waals surface area contributed by atoms with Crippen molar-refractivity contribution >= 4 is 49.7 Å². The van der Waals surface area contributed by atoms with Gasteiger partial charge in [0.15, 0.2) is 17.5 Å². The van der Waals surface area contributed by atoms with E-state index in [-0.39, 0.29) is 7.43 Å². The number of aromatic nitrogens is 7. The first-order valence-corrected chi connectivity index (χ1v) is 17.7. The van der Waals surface area contributed by atoms with Gasteiger partial charge in [-0.3, -0.25) is 8.97 Å². The smallest absolute Gasteiger partial charge is 0.220 e. The number of rotatable bonds is 5. The number of hydrogen-bond acceptors (Lipinski definition) is 4. The highest BCUT2D eigenvalue weighted by molar-refractivity contribution is 6.13. The van der Waals surface area contributed by atoms with E-state index in [1.165, 1.54) is 5.39 Å². The molecule has 0 bridgehead atoms. The molecule has 0 saturated carbocycles. The van der Waals surface area contributed by atoms with E-state index < -0.39 is 0 Å². The third-order valence-corrected chi connectivity index (χ3v) is 10.1. The van der Waals surface area contributed by atoms with E-state index >= 15 is 0 Å². The van der Waals surface area contributed by atoms with E-state index in [1.54, 1.807) is 0 Å². The Morgan fingerprint density at radius 3 is 1.56 bits per heavy atom. The number of fused-ring (bicyclic) bond motifs is 8. The lowest BCUT2D eigenvalue weighted by Crippen LogP contribution is -2.01. The van der Waals surface area contributed by atoms with Gasteiger partial charge in [0, 0.05) is 38.8 Å². The number of benzene rings is 7. The summed E-state index contributed by atoms with van der Waals surface area (Å²) in [7, 11) is 0. The summed E-state index contributed by atoms with van der Waals surface area (Å²) in [4.78, 5) is 20.2. The van der Waals surface area contributed by atoms with Crippen LogP contribution in [0.5, 0.6) is 0 Å². The fourth-order valence-electron chi connectivity index (χ4n) is 7.70. The van der Waals surface area contributed by atoms with Crippen LogP contribution in [0.25, 0.3) is 95.2 Å². The Hall–Kier alpha value is -7.38. The van der Waals surface area contributed by atoms with Gasteiger partial charge < -0.3 is 4.57 Å². The Bertz CT molecular complexity index is 3100. The van der Waals surface area contributed by atoms with Gasteiger partial charge in [-0.25, -0.2) is 19.9 Å². The van der Waals surface area contributed by atoms with Gasteiger partial charge in [0.1, 0.15) is 0 Å². The van der Waals surface area contributed by atoms with Crippen LogP contribution in [0.15, 0.2) is 176 Å². The zero-order valence-corrected chi connectivity index (χ0v) is 28.4. The SMILES string of the molecule is C.c1ccc(-c2nc(-c3ccccc3)nc(-c3cccc(-n4c5ccccc5c5cc6c(cc54)nc4n(-c5ccccc5)c5ccccc5n64)c3)n2)cc1. The molecule has 11 aromatic rings. The number of nitrogens with zero attached hydrogens (tertiary/aromatic N) is 7. The maximum absolute atomic E-state index is 5.31. The maximum Gasteiger partial charge on any atom is 0.220 e. The molecule has 11 rings (SSSR count). The van der Waals surface area contributed by atoms with Crippen molar-refractivity contribution in [2.45, 2.75) is 7.43 Å². The molecule has 0 spiro atoms. The first-order valence-electron chi connectivity index (χ1n) is 17.7. The molecule has 0 N–H and O–H groups in total. The van der Waals surface area contributed by atoms with E-state index in [4.69, 9.17) is 19.9 Å². The molecule has 0 aliphatic rings. The molecule has 0 aliphatic heterocycles. The predicted molar refractivity (Wildman–Crippen MR) is 220 cm³/mol. The quantitative estimate of drug-likeness (QED) is 0.180. The van der Waals surface area contributed by atoms with Gasteiger partial charge in [-0.2, -0.15) is 0 Å². The highest BCUT2D eigenvalue weighted by atomic mass is 15.2. The van der Waals surface area contributed by atoms with Crippen LogP contribution in [0.2, 0.25) is 0 Å². The van der Waals surface area contributed by atoms with Gasteiger partial charge in [-0.15, -0.1) is 0 Å². The topological polar surface area (TPSA) is 65.8 Å². The first kappa shape index (κ1) is 31.4. The summed E-state index contributed by atoms with van der Waals surface area (Å²) in [5.41, 5.74) is 11.3. The van der Waals surface area contributed by atoms with Gasteiger partial charge in [0.25, 0.3) is 0 Å². The third-order valence-electron chi connectivity index (χ3n) is 10.1. The summed E-state index contributed by atoms with van der Waals surface area (Å²) in [6.07, 6.45) is 0. The molecule has 7 aromatic carbocycles. The Balaban J connectivity index is 0.00000361. The zero-order valence-electron chi connectivity index (χ0n) is 28.4. The van der Waals surface area contributed by atoms with Gasteiger partial charge >= 0.3 is 0 Å². The minimum absolute atomic E-state index is 0. The lowest BCUT2D eigenvalue weighted by atomic mass is 10.1. The summed E-state index contributed by atoms with van der Waals surface area (Å²) < 4.78 is 6.87. The zero-order chi connectivity index (χ0) is 34.9. The molecular formula is C47H33N7. The Kier molecular flexibility index (Phi) is 7.20. The van der Waals surface area contributed by atoms with Gasteiger partial charge in [-0.1, -0.05) is 129 Å². The average molecular weight is 696 g/mol. The van der Waals surface area contributed by atoms with Crippen molar-refractivity contribution in [3.63, 3.8) is 0 Å². The molecule has 0 amide bonds. The highest BCUT2D eigenvalue weighted by Crippen LogP contribution is 2.38. The van der Waals surface area contributed by atoms with Crippen LogP contribution in [-0.2, 0) is 0 Å². The fourth-order valence-corrected chi connectivity index (χ4v) is 7.70. The predicted octanol–water partition coefficient (Wildman–Crippen LogP) is 11.4. The molecule has 0 saturated heterocycles. The molecule has 4 aromatic heterocycles. The van der Waals surface area contributed by atoms with Crippen molar-refractivity contribution in [2.24, 2.45) is 0 Å². The van der Waals surface area contributed by atoms with E-state index in [9.17, 15) is 0 Å². The van der Waals surface area contributed by atoms with Crippen LogP contribution in [0.3, 0.4) is 0 Å². The van der Waals surface area contributed by atoms with Gasteiger partial charge in [0.05, 0.1) is 33.1 Å². The molecular weight excluding hydrogens is 663 g/mol. The Labute approximate surface area is 311 Å². The van der Waals surface area contributed by atoms with Crippen LogP contribution in [-0.4, -0.2) is 33.5 Å². The molecule has 0 radical (unpaired) electrons. The van der Waals surface area contributed by atoms with Crippen LogP contribution in [0, 0.1) is 0 Å². The minimum atomic E-state index is 0.